The minimum absolute atomic E-state index is 0.0526. The molecule has 3 heteroatoms. The summed E-state index contributed by atoms with van der Waals surface area (Å²) >= 11 is 0. The van der Waals surface area contributed by atoms with Gasteiger partial charge in [-0.2, -0.15) is 0 Å². The van der Waals surface area contributed by atoms with E-state index in [1.165, 1.54) is 6.42 Å². The number of hydrogen-bond acceptors (Lipinski definition) is 2. The summed E-state index contributed by atoms with van der Waals surface area (Å²) in [5.74, 6) is 0.707. The molecular weight excluding hydrogens is 200 g/mol. The molecular formula is C13H24N2O. The van der Waals surface area contributed by atoms with Crippen LogP contribution in [0.3, 0.4) is 0 Å². The predicted molar refractivity (Wildman–Crippen MR) is 67.2 cm³/mol. The van der Waals surface area contributed by atoms with E-state index in [2.05, 4.69) is 38.0 Å². The summed E-state index contributed by atoms with van der Waals surface area (Å²) in [4.78, 5) is 11.4. The van der Waals surface area contributed by atoms with Gasteiger partial charge in [0.1, 0.15) is 0 Å². The smallest absolute Gasteiger partial charge is 0.234 e. The Labute approximate surface area is 98.7 Å². The average Bonchev–Trinajstić information content (AvgIpc) is 2.45. The van der Waals surface area contributed by atoms with Crippen LogP contribution in [-0.2, 0) is 4.79 Å². The summed E-state index contributed by atoms with van der Waals surface area (Å²) < 4.78 is 0. The van der Waals surface area contributed by atoms with E-state index >= 15 is 0 Å². The molecule has 0 spiro atoms. The molecule has 92 valence electrons. The third kappa shape index (κ3) is 3.97. The maximum atomic E-state index is 11.4. The normalized spacial score (nSPS) is 27.7. The molecule has 0 aromatic carbocycles. The number of rotatable bonds is 5. The lowest BCUT2D eigenvalue weighted by Gasteiger charge is -2.18. The summed E-state index contributed by atoms with van der Waals surface area (Å²) in [7, 11) is 0. The van der Waals surface area contributed by atoms with Crippen LogP contribution in [0.25, 0.3) is 0 Å². The highest BCUT2D eigenvalue weighted by atomic mass is 16.1. The van der Waals surface area contributed by atoms with Crippen LogP contribution < -0.4 is 10.6 Å². The SMILES string of the molecule is C=CCNC(=O)CN[C@H]1CC(C)(C)C[C@@H]1C. The molecule has 1 fully saturated rings. The first kappa shape index (κ1) is 13.2. The van der Waals surface area contributed by atoms with E-state index in [1.54, 1.807) is 6.08 Å². The van der Waals surface area contributed by atoms with Gasteiger partial charge in [0.25, 0.3) is 0 Å². The van der Waals surface area contributed by atoms with E-state index in [4.69, 9.17) is 0 Å². The molecule has 0 bridgehead atoms. The lowest BCUT2D eigenvalue weighted by atomic mass is 9.91. The number of carbonyl (C=O) groups is 1. The zero-order chi connectivity index (χ0) is 12.2. The molecule has 1 amide bonds. The third-order valence-electron chi connectivity index (χ3n) is 3.30. The van der Waals surface area contributed by atoms with Crippen LogP contribution in [0.1, 0.15) is 33.6 Å². The largest absolute Gasteiger partial charge is 0.352 e. The van der Waals surface area contributed by atoms with Gasteiger partial charge >= 0.3 is 0 Å². The highest BCUT2D eigenvalue weighted by Crippen LogP contribution is 2.40. The van der Waals surface area contributed by atoms with Gasteiger partial charge in [0, 0.05) is 12.6 Å². The molecule has 2 N–H and O–H groups in total. The van der Waals surface area contributed by atoms with Gasteiger partial charge in [-0.1, -0.05) is 26.8 Å². The van der Waals surface area contributed by atoms with Gasteiger partial charge < -0.3 is 10.6 Å². The van der Waals surface area contributed by atoms with Crippen LogP contribution in [0.2, 0.25) is 0 Å². The van der Waals surface area contributed by atoms with E-state index in [0.717, 1.165) is 6.42 Å². The summed E-state index contributed by atoms with van der Waals surface area (Å²) in [5.41, 5.74) is 0.411. The standard InChI is InChI=1S/C13H24N2O/c1-5-6-14-12(16)9-15-11-8-13(3,4)7-10(11)2/h5,10-11,15H,1,6-9H2,2-4H3,(H,14,16)/t10-,11-/m0/s1. The molecule has 0 heterocycles. The molecule has 0 aromatic heterocycles. The topological polar surface area (TPSA) is 41.1 Å². The van der Waals surface area contributed by atoms with Crippen molar-refractivity contribution in [3.05, 3.63) is 12.7 Å². The monoisotopic (exact) mass is 224 g/mol. The minimum atomic E-state index is 0.0526. The molecule has 2 atom stereocenters. The van der Waals surface area contributed by atoms with E-state index in [9.17, 15) is 4.79 Å². The van der Waals surface area contributed by atoms with Crippen molar-refractivity contribution in [1.82, 2.24) is 10.6 Å². The number of carbonyl (C=O) groups excluding carboxylic acids is 1. The highest BCUT2D eigenvalue weighted by Gasteiger charge is 2.36. The molecule has 16 heavy (non-hydrogen) atoms. The van der Waals surface area contributed by atoms with Crippen LogP contribution in [0.5, 0.6) is 0 Å². The van der Waals surface area contributed by atoms with Crippen molar-refractivity contribution in [1.29, 1.82) is 0 Å². The Bertz CT molecular complexity index is 261. The maximum Gasteiger partial charge on any atom is 0.234 e. The number of amides is 1. The first-order chi connectivity index (χ1) is 7.44. The van der Waals surface area contributed by atoms with Crippen molar-refractivity contribution in [2.75, 3.05) is 13.1 Å². The molecule has 0 saturated heterocycles. The quantitative estimate of drug-likeness (QED) is 0.698. The van der Waals surface area contributed by atoms with Crippen molar-refractivity contribution in [2.24, 2.45) is 11.3 Å². The minimum Gasteiger partial charge on any atom is -0.352 e. The second-order valence-corrected chi connectivity index (χ2v) is 5.63. The lowest BCUT2D eigenvalue weighted by molar-refractivity contribution is -0.120. The summed E-state index contributed by atoms with van der Waals surface area (Å²) in [6.07, 6.45) is 4.08. The van der Waals surface area contributed by atoms with Crippen molar-refractivity contribution in [3.63, 3.8) is 0 Å². The molecule has 0 radical (unpaired) electrons. The number of hydrogen-bond donors (Lipinski definition) is 2. The van der Waals surface area contributed by atoms with E-state index in [0.29, 0.717) is 30.5 Å². The summed E-state index contributed by atoms with van der Waals surface area (Å²) in [6, 6.07) is 0.476. The Balaban J connectivity index is 2.28. The van der Waals surface area contributed by atoms with Gasteiger partial charge in [-0.05, 0) is 24.2 Å². The first-order valence-electron chi connectivity index (χ1n) is 6.05. The molecule has 1 saturated carbocycles. The molecule has 3 nitrogen and oxygen atoms in total. The highest BCUT2D eigenvalue weighted by molar-refractivity contribution is 5.78. The molecule has 1 aliphatic carbocycles. The van der Waals surface area contributed by atoms with Gasteiger partial charge in [-0.15, -0.1) is 6.58 Å². The van der Waals surface area contributed by atoms with Crippen molar-refractivity contribution < 1.29 is 4.79 Å². The molecule has 1 aliphatic rings. The summed E-state index contributed by atoms with van der Waals surface area (Å²) in [5, 5.41) is 6.12. The Morgan fingerprint density at radius 1 is 1.50 bits per heavy atom. The fourth-order valence-electron chi connectivity index (χ4n) is 2.64. The Morgan fingerprint density at radius 2 is 2.19 bits per heavy atom. The van der Waals surface area contributed by atoms with E-state index < -0.39 is 0 Å². The maximum absolute atomic E-state index is 11.4. The third-order valence-corrected chi connectivity index (χ3v) is 3.30. The zero-order valence-corrected chi connectivity index (χ0v) is 10.7. The van der Waals surface area contributed by atoms with Gasteiger partial charge in [-0.3, -0.25) is 4.79 Å². The van der Waals surface area contributed by atoms with Crippen LogP contribution >= 0.6 is 0 Å². The summed E-state index contributed by atoms with van der Waals surface area (Å²) in [6.45, 7) is 11.4. The second kappa shape index (κ2) is 5.48. The molecule has 0 aliphatic heterocycles. The Morgan fingerprint density at radius 3 is 2.69 bits per heavy atom. The first-order valence-corrected chi connectivity index (χ1v) is 6.05. The fraction of sp³-hybridized carbons (Fsp3) is 0.769. The predicted octanol–water partition coefficient (Wildman–Crippen LogP) is 1.70. The second-order valence-electron chi connectivity index (χ2n) is 5.63. The molecule has 0 aromatic rings. The van der Waals surface area contributed by atoms with Gasteiger partial charge in [0.15, 0.2) is 0 Å². The Kier molecular flexibility index (Phi) is 4.54. The average molecular weight is 224 g/mol. The zero-order valence-electron chi connectivity index (χ0n) is 10.7. The Hall–Kier alpha value is -0.830. The lowest BCUT2D eigenvalue weighted by Crippen LogP contribution is -2.40. The van der Waals surface area contributed by atoms with Gasteiger partial charge in [-0.25, -0.2) is 0 Å². The van der Waals surface area contributed by atoms with Crippen LogP contribution in [0.4, 0.5) is 0 Å². The fourth-order valence-corrected chi connectivity index (χ4v) is 2.64. The van der Waals surface area contributed by atoms with Crippen molar-refractivity contribution in [2.45, 2.75) is 39.7 Å². The van der Waals surface area contributed by atoms with Crippen LogP contribution in [-0.4, -0.2) is 25.0 Å². The van der Waals surface area contributed by atoms with Gasteiger partial charge in [0.2, 0.25) is 5.91 Å². The molecule has 1 rings (SSSR count). The van der Waals surface area contributed by atoms with Crippen molar-refractivity contribution >= 4 is 5.91 Å². The van der Waals surface area contributed by atoms with E-state index in [-0.39, 0.29) is 5.91 Å². The van der Waals surface area contributed by atoms with E-state index in [1.807, 2.05) is 0 Å². The number of nitrogens with one attached hydrogen (secondary N) is 2. The van der Waals surface area contributed by atoms with Gasteiger partial charge in [0.05, 0.1) is 6.54 Å². The molecule has 0 unspecified atom stereocenters. The van der Waals surface area contributed by atoms with Crippen LogP contribution in [0, 0.1) is 11.3 Å². The van der Waals surface area contributed by atoms with Crippen molar-refractivity contribution in [3.8, 4) is 0 Å². The van der Waals surface area contributed by atoms with Crippen LogP contribution in [0.15, 0.2) is 12.7 Å².